The van der Waals surface area contributed by atoms with Gasteiger partial charge in [0.15, 0.2) is 11.5 Å². The molecule has 1 aliphatic heterocycles. The fourth-order valence-corrected chi connectivity index (χ4v) is 2.28. The molecule has 116 valence electrons. The summed E-state index contributed by atoms with van der Waals surface area (Å²) >= 11 is 0. The number of hydrogen-bond donors (Lipinski definition) is 1. The molecule has 1 aliphatic rings. The molecule has 2 atom stereocenters. The average Bonchev–Trinajstić information content (AvgIpc) is 2.88. The van der Waals surface area contributed by atoms with Gasteiger partial charge in [-0.15, -0.1) is 10.2 Å². The fraction of sp³-hybridized carbons (Fsp3) is 0.583. The Labute approximate surface area is 118 Å². The number of carboxylic acid groups (broad SMARTS) is 1. The molecule has 0 aromatic carbocycles. The zero-order valence-electron chi connectivity index (χ0n) is 11.2. The Morgan fingerprint density at radius 1 is 1.43 bits per heavy atom. The minimum Gasteiger partial charge on any atom is -0.481 e. The third-order valence-corrected chi connectivity index (χ3v) is 3.34. The van der Waals surface area contributed by atoms with E-state index in [4.69, 9.17) is 9.84 Å². The van der Waals surface area contributed by atoms with Crippen LogP contribution in [-0.4, -0.2) is 47.1 Å². The van der Waals surface area contributed by atoms with Gasteiger partial charge in [0.05, 0.1) is 19.3 Å². The largest absolute Gasteiger partial charge is 0.481 e. The van der Waals surface area contributed by atoms with Crippen LogP contribution in [0.2, 0.25) is 0 Å². The van der Waals surface area contributed by atoms with Crippen LogP contribution in [0.4, 0.5) is 19.0 Å². The Balaban J connectivity index is 2.23. The Kier molecular flexibility index (Phi) is 4.31. The van der Waals surface area contributed by atoms with Crippen LogP contribution < -0.4 is 4.90 Å². The van der Waals surface area contributed by atoms with Gasteiger partial charge in [-0.2, -0.15) is 13.2 Å². The van der Waals surface area contributed by atoms with Gasteiger partial charge in [0.1, 0.15) is 5.92 Å². The highest BCUT2D eigenvalue weighted by Crippen LogP contribution is 2.29. The number of alkyl halides is 3. The van der Waals surface area contributed by atoms with Gasteiger partial charge in [-0.25, -0.2) is 0 Å². The summed E-state index contributed by atoms with van der Waals surface area (Å²) in [5.74, 6) is -1.54. The third kappa shape index (κ3) is 3.23. The Hall–Kier alpha value is -1.90. The zero-order valence-corrected chi connectivity index (χ0v) is 11.2. The highest BCUT2D eigenvalue weighted by atomic mass is 19.4. The van der Waals surface area contributed by atoms with Crippen molar-refractivity contribution in [3.63, 3.8) is 0 Å². The van der Waals surface area contributed by atoms with Crippen molar-refractivity contribution in [2.45, 2.75) is 19.1 Å². The molecule has 0 amide bonds. The molecule has 9 heteroatoms. The van der Waals surface area contributed by atoms with Crippen LogP contribution in [0.25, 0.3) is 0 Å². The second-order valence-electron chi connectivity index (χ2n) is 4.61. The second kappa shape index (κ2) is 5.84. The van der Waals surface area contributed by atoms with Crippen LogP contribution in [0.15, 0.2) is 12.1 Å². The lowest BCUT2D eigenvalue weighted by Crippen LogP contribution is -2.43. The molecule has 1 N–H and O–H groups in total. The molecule has 1 fully saturated rings. The van der Waals surface area contributed by atoms with E-state index >= 15 is 0 Å². The van der Waals surface area contributed by atoms with Gasteiger partial charge in [-0.1, -0.05) is 0 Å². The first kappa shape index (κ1) is 15.5. The van der Waals surface area contributed by atoms with Gasteiger partial charge in [-0.3, -0.25) is 4.79 Å². The van der Waals surface area contributed by atoms with Crippen molar-refractivity contribution in [3.8, 4) is 0 Å². The van der Waals surface area contributed by atoms with Crippen LogP contribution in [0.3, 0.4) is 0 Å². The number of aromatic nitrogens is 2. The lowest BCUT2D eigenvalue weighted by Gasteiger charge is -2.29. The zero-order chi connectivity index (χ0) is 15.6. The summed E-state index contributed by atoms with van der Waals surface area (Å²) in [6.45, 7) is 2.41. The van der Waals surface area contributed by atoms with Gasteiger partial charge in [-0.05, 0) is 19.1 Å². The molecular weight excluding hydrogens is 291 g/mol. The summed E-state index contributed by atoms with van der Waals surface area (Å²) in [6, 6.07) is 1.55. The van der Waals surface area contributed by atoms with Crippen LogP contribution in [0.1, 0.15) is 12.6 Å². The van der Waals surface area contributed by atoms with Crippen molar-refractivity contribution in [1.82, 2.24) is 10.2 Å². The Bertz CT molecular complexity index is 507. The highest BCUT2D eigenvalue weighted by Gasteiger charge is 2.39. The Morgan fingerprint density at radius 2 is 2.14 bits per heavy atom. The maximum absolute atomic E-state index is 12.5. The van der Waals surface area contributed by atoms with Gasteiger partial charge in [0.2, 0.25) is 0 Å². The number of carbonyl (C=O) groups is 1. The normalized spacial score (nSPS) is 22.3. The van der Waals surface area contributed by atoms with Crippen molar-refractivity contribution < 1.29 is 27.8 Å². The first-order chi connectivity index (χ1) is 9.84. The number of halogens is 3. The van der Waals surface area contributed by atoms with E-state index in [0.717, 1.165) is 6.07 Å². The number of likely N-dealkylation sites (N-methyl/N-ethyl adjacent to an activating group) is 1. The molecule has 1 aromatic rings. The van der Waals surface area contributed by atoms with E-state index < -0.39 is 29.8 Å². The number of nitrogens with zero attached hydrogens (tertiary/aromatic N) is 3. The summed E-state index contributed by atoms with van der Waals surface area (Å²) in [5.41, 5.74) is -1.08. The molecule has 0 radical (unpaired) electrons. The van der Waals surface area contributed by atoms with Crippen molar-refractivity contribution in [3.05, 3.63) is 17.8 Å². The average molecular weight is 305 g/mol. The van der Waals surface area contributed by atoms with E-state index in [2.05, 4.69) is 10.2 Å². The fourth-order valence-electron chi connectivity index (χ4n) is 2.28. The molecule has 6 nitrogen and oxygen atoms in total. The van der Waals surface area contributed by atoms with Gasteiger partial charge in [0, 0.05) is 6.54 Å². The van der Waals surface area contributed by atoms with Crippen molar-refractivity contribution in [2.24, 2.45) is 5.92 Å². The van der Waals surface area contributed by atoms with Crippen molar-refractivity contribution in [2.75, 3.05) is 24.7 Å². The molecule has 1 saturated heterocycles. The number of ether oxygens (including phenoxy) is 1. The van der Waals surface area contributed by atoms with Crippen molar-refractivity contribution >= 4 is 11.8 Å². The monoisotopic (exact) mass is 305 g/mol. The van der Waals surface area contributed by atoms with Gasteiger partial charge in [0.25, 0.3) is 0 Å². The molecular formula is C12H14F3N3O3. The van der Waals surface area contributed by atoms with Gasteiger partial charge >= 0.3 is 12.1 Å². The molecule has 0 spiro atoms. The SMILES string of the molecule is CCN(c1ccc(C(F)(F)F)nn1)C1COCC1C(=O)O. The van der Waals surface area contributed by atoms with E-state index in [9.17, 15) is 18.0 Å². The van der Waals surface area contributed by atoms with E-state index in [0.29, 0.717) is 6.54 Å². The molecule has 2 heterocycles. The van der Waals surface area contributed by atoms with E-state index in [-0.39, 0.29) is 19.0 Å². The molecule has 2 rings (SSSR count). The third-order valence-electron chi connectivity index (χ3n) is 3.34. The molecule has 21 heavy (non-hydrogen) atoms. The summed E-state index contributed by atoms with van der Waals surface area (Å²) in [6.07, 6.45) is -4.55. The smallest absolute Gasteiger partial charge is 0.435 e. The number of aliphatic carboxylic acids is 1. The summed E-state index contributed by atoms with van der Waals surface area (Å²) in [7, 11) is 0. The predicted octanol–water partition coefficient (Wildman–Crippen LogP) is 1.42. The molecule has 0 aliphatic carbocycles. The first-order valence-electron chi connectivity index (χ1n) is 6.32. The van der Waals surface area contributed by atoms with E-state index in [1.54, 1.807) is 11.8 Å². The van der Waals surface area contributed by atoms with E-state index in [1.807, 2.05) is 0 Å². The maximum atomic E-state index is 12.5. The minimum absolute atomic E-state index is 0.0740. The Morgan fingerprint density at radius 3 is 2.62 bits per heavy atom. The van der Waals surface area contributed by atoms with E-state index in [1.165, 1.54) is 6.07 Å². The quantitative estimate of drug-likeness (QED) is 0.907. The van der Waals surface area contributed by atoms with Crippen LogP contribution >= 0.6 is 0 Å². The lowest BCUT2D eigenvalue weighted by atomic mass is 10.0. The number of hydrogen-bond acceptors (Lipinski definition) is 5. The predicted molar refractivity (Wildman–Crippen MR) is 65.8 cm³/mol. The lowest BCUT2D eigenvalue weighted by molar-refractivity contribution is -0.142. The summed E-state index contributed by atoms with van der Waals surface area (Å²) in [4.78, 5) is 12.8. The summed E-state index contributed by atoms with van der Waals surface area (Å²) < 4.78 is 42.5. The van der Waals surface area contributed by atoms with Crippen LogP contribution in [0.5, 0.6) is 0 Å². The molecule has 0 saturated carbocycles. The van der Waals surface area contributed by atoms with Crippen LogP contribution in [-0.2, 0) is 15.7 Å². The molecule has 1 aromatic heterocycles. The molecule has 2 unspecified atom stereocenters. The standard InChI is InChI=1S/C12H14F3N3O3/c1-2-18(8-6-21-5-7(8)11(19)20)10-4-3-9(16-17-10)12(13,14)15/h3-4,7-8H,2,5-6H2,1H3,(H,19,20). The second-order valence-corrected chi connectivity index (χ2v) is 4.61. The minimum atomic E-state index is -4.55. The highest BCUT2D eigenvalue weighted by molar-refractivity contribution is 5.72. The molecule has 0 bridgehead atoms. The number of anilines is 1. The topological polar surface area (TPSA) is 75.5 Å². The number of carboxylic acids is 1. The summed E-state index contributed by atoms with van der Waals surface area (Å²) in [5, 5.41) is 15.9. The van der Waals surface area contributed by atoms with Gasteiger partial charge < -0.3 is 14.7 Å². The first-order valence-corrected chi connectivity index (χ1v) is 6.32. The van der Waals surface area contributed by atoms with Crippen molar-refractivity contribution in [1.29, 1.82) is 0 Å². The maximum Gasteiger partial charge on any atom is 0.435 e. The van der Waals surface area contributed by atoms with Crippen LogP contribution in [0, 0.1) is 5.92 Å². The number of rotatable bonds is 4.